The van der Waals surface area contributed by atoms with Gasteiger partial charge in [0, 0.05) is 37.1 Å². The number of hydrogen-bond donors (Lipinski definition) is 1. The van der Waals surface area contributed by atoms with Crippen LogP contribution in [0.25, 0.3) is 0 Å². The summed E-state index contributed by atoms with van der Waals surface area (Å²) >= 11 is 5.97. The Kier molecular flexibility index (Phi) is 6.36. The topological polar surface area (TPSA) is 81.9 Å². The summed E-state index contributed by atoms with van der Waals surface area (Å²) in [6.07, 6.45) is 3.95. The molecule has 1 unspecified atom stereocenters. The zero-order valence-corrected chi connectivity index (χ0v) is 14.7. The molecule has 2 aromatic rings. The van der Waals surface area contributed by atoms with Crippen LogP contribution in [0.2, 0.25) is 5.02 Å². The van der Waals surface area contributed by atoms with Gasteiger partial charge >= 0.3 is 0 Å². The lowest BCUT2D eigenvalue weighted by molar-refractivity contribution is -0.121. The minimum absolute atomic E-state index is 0.0181. The van der Waals surface area contributed by atoms with Gasteiger partial charge in [-0.05, 0) is 46.9 Å². The van der Waals surface area contributed by atoms with Crippen LogP contribution in [0.1, 0.15) is 30.7 Å². The van der Waals surface area contributed by atoms with Crippen LogP contribution in [-0.4, -0.2) is 45.9 Å². The molecule has 1 amide bonds. The second-order valence-electron chi connectivity index (χ2n) is 6.34. The van der Waals surface area contributed by atoms with Gasteiger partial charge in [-0.3, -0.25) is 4.79 Å². The average molecular weight is 364 g/mol. The van der Waals surface area contributed by atoms with Crippen molar-refractivity contribution in [3.8, 4) is 0 Å². The molecule has 0 bridgehead atoms. The van der Waals surface area contributed by atoms with Crippen molar-refractivity contribution in [3.63, 3.8) is 0 Å². The molecule has 1 aromatic heterocycles. The Balaban J connectivity index is 1.60. The molecule has 7 nitrogen and oxygen atoms in total. The number of amides is 1. The molecule has 1 saturated heterocycles. The third-order valence-electron chi connectivity index (χ3n) is 4.50. The average Bonchev–Trinajstić information content (AvgIpc) is 3.14. The highest BCUT2D eigenvalue weighted by atomic mass is 35.5. The van der Waals surface area contributed by atoms with E-state index in [0.29, 0.717) is 30.5 Å². The first-order valence-electron chi connectivity index (χ1n) is 8.51. The molecule has 25 heavy (non-hydrogen) atoms. The van der Waals surface area contributed by atoms with Crippen LogP contribution in [0.15, 0.2) is 30.6 Å². The summed E-state index contributed by atoms with van der Waals surface area (Å²) in [6, 6.07) is 7.57. The number of hydrogen-bond acceptors (Lipinski definition) is 5. The first-order chi connectivity index (χ1) is 12.2. The highest BCUT2D eigenvalue weighted by molar-refractivity contribution is 6.30. The Bertz CT molecular complexity index is 656. The molecule has 3 rings (SSSR count). The number of halogens is 1. The van der Waals surface area contributed by atoms with Crippen LogP contribution in [0.3, 0.4) is 0 Å². The van der Waals surface area contributed by atoms with Crippen molar-refractivity contribution in [2.45, 2.75) is 31.7 Å². The minimum Gasteiger partial charge on any atom is -0.381 e. The fourth-order valence-electron chi connectivity index (χ4n) is 3.02. The van der Waals surface area contributed by atoms with Crippen molar-refractivity contribution in [2.24, 2.45) is 5.92 Å². The predicted octanol–water partition coefficient (Wildman–Crippen LogP) is 2.04. The Morgan fingerprint density at radius 3 is 2.76 bits per heavy atom. The molecule has 0 radical (unpaired) electrons. The summed E-state index contributed by atoms with van der Waals surface area (Å²) in [6.45, 7) is 2.82. The van der Waals surface area contributed by atoms with Crippen molar-refractivity contribution in [2.75, 3.05) is 19.8 Å². The molecule has 0 aliphatic carbocycles. The van der Waals surface area contributed by atoms with E-state index < -0.39 is 0 Å². The molecule has 8 heteroatoms. The Labute approximate surface area is 151 Å². The molecule has 0 spiro atoms. The van der Waals surface area contributed by atoms with Crippen molar-refractivity contribution in [1.29, 1.82) is 0 Å². The molecule has 1 aromatic carbocycles. The van der Waals surface area contributed by atoms with E-state index in [2.05, 4.69) is 20.8 Å². The predicted molar refractivity (Wildman–Crippen MR) is 93.2 cm³/mol. The number of nitrogens with zero attached hydrogens (tertiary/aromatic N) is 4. The van der Waals surface area contributed by atoms with Crippen LogP contribution in [-0.2, 0) is 16.1 Å². The van der Waals surface area contributed by atoms with E-state index in [4.69, 9.17) is 16.3 Å². The highest BCUT2D eigenvalue weighted by Crippen LogP contribution is 2.23. The lowest BCUT2D eigenvalue weighted by Crippen LogP contribution is -2.33. The molecule has 2 heterocycles. The summed E-state index contributed by atoms with van der Waals surface area (Å²) in [5.74, 6) is 0.529. The third kappa shape index (κ3) is 5.51. The van der Waals surface area contributed by atoms with Crippen LogP contribution < -0.4 is 5.32 Å². The van der Waals surface area contributed by atoms with E-state index in [1.807, 2.05) is 24.3 Å². The maximum atomic E-state index is 12.4. The summed E-state index contributed by atoms with van der Waals surface area (Å²) in [7, 11) is 0. The number of rotatable bonds is 7. The second-order valence-corrected chi connectivity index (χ2v) is 6.78. The molecule has 134 valence electrons. The largest absolute Gasteiger partial charge is 0.381 e. The lowest BCUT2D eigenvalue weighted by Gasteiger charge is -2.23. The smallest absolute Gasteiger partial charge is 0.220 e. The fraction of sp³-hybridized carbons (Fsp3) is 0.529. The minimum atomic E-state index is -0.0181. The van der Waals surface area contributed by atoms with Crippen molar-refractivity contribution in [3.05, 3.63) is 41.2 Å². The second kappa shape index (κ2) is 8.92. The van der Waals surface area contributed by atoms with E-state index in [9.17, 15) is 4.79 Å². The van der Waals surface area contributed by atoms with Crippen molar-refractivity contribution >= 4 is 17.5 Å². The van der Waals surface area contributed by atoms with Gasteiger partial charge in [-0.2, -0.15) is 0 Å². The van der Waals surface area contributed by atoms with E-state index in [-0.39, 0.29) is 11.8 Å². The van der Waals surface area contributed by atoms with Crippen LogP contribution in [0.5, 0.6) is 0 Å². The number of benzene rings is 1. The molecule has 0 saturated carbocycles. The van der Waals surface area contributed by atoms with Crippen molar-refractivity contribution < 1.29 is 9.53 Å². The van der Waals surface area contributed by atoms with Crippen LogP contribution >= 0.6 is 11.6 Å². The first-order valence-corrected chi connectivity index (χ1v) is 8.89. The van der Waals surface area contributed by atoms with E-state index >= 15 is 0 Å². The molecule has 1 aliphatic heterocycles. The highest BCUT2D eigenvalue weighted by Gasteiger charge is 2.19. The van der Waals surface area contributed by atoms with Gasteiger partial charge in [0.25, 0.3) is 0 Å². The molecular formula is C17H22ClN5O2. The van der Waals surface area contributed by atoms with Gasteiger partial charge in [-0.1, -0.05) is 23.7 Å². The van der Waals surface area contributed by atoms with Gasteiger partial charge in [-0.15, -0.1) is 5.10 Å². The number of ether oxygens (including phenoxy) is 1. The molecule has 1 aliphatic rings. The SMILES string of the molecule is O=C(CC(Cn1cnnn1)c1ccc(Cl)cc1)NCC1CCOCC1. The van der Waals surface area contributed by atoms with E-state index in [1.165, 1.54) is 0 Å². The van der Waals surface area contributed by atoms with Gasteiger partial charge in [-0.25, -0.2) is 4.68 Å². The summed E-state index contributed by atoms with van der Waals surface area (Å²) in [5.41, 5.74) is 1.04. The zero-order valence-electron chi connectivity index (χ0n) is 14.0. The Morgan fingerprint density at radius 2 is 2.08 bits per heavy atom. The van der Waals surface area contributed by atoms with Crippen LogP contribution in [0, 0.1) is 5.92 Å². The van der Waals surface area contributed by atoms with Crippen LogP contribution in [0.4, 0.5) is 0 Å². The lowest BCUT2D eigenvalue weighted by atomic mass is 9.95. The fourth-order valence-corrected chi connectivity index (χ4v) is 3.14. The van der Waals surface area contributed by atoms with E-state index in [1.54, 1.807) is 11.0 Å². The third-order valence-corrected chi connectivity index (χ3v) is 4.75. The summed E-state index contributed by atoms with van der Waals surface area (Å²) in [5, 5.41) is 15.0. The zero-order chi connectivity index (χ0) is 17.5. The van der Waals surface area contributed by atoms with Gasteiger partial charge in [0.2, 0.25) is 5.91 Å². The van der Waals surface area contributed by atoms with Crippen molar-refractivity contribution in [1.82, 2.24) is 25.5 Å². The van der Waals surface area contributed by atoms with Gasteiger partial charge in [0.05, 0.1) is 6.54 Å². The number of tetrazole rings is 1. The number of nitrogens with one attached hydrogen (secondary N) is 1. The summed E-state index contributed by atoms with van der Waals surface area (Å²) < 4.78 is 7.00. The van der Waals surface area contributed by atoms with E-state index in [0.717, 1.165) is 31.6 Å². The number of carbonyl (C=O) groups is 1. The normalized spacial score (nSPS) is 16.5. The first kappa shape index (κ1) is 17.8. The molecule has 1 fully saturated rings. The maximum Gasteiger partial charge on any atom is 0.220 e. The Hall–Kier alpha value is -1.99. The summed E-state index contributed by atoms with van der Waals surface area (Å²) in [4.78, 5) is 12.4. The molecular weight excluding hydrogens is 342 g/mol. The van der Waals surface area contributed by atoms with Gasteiger partial charge < -0.3 is 10.1 Å². The monoisotopic (exact) mass is 363 g/mol. The molecule has 1 atom stereocenters. The maximum absolute atomic E-state index is 12.4. The van der Waals surface area contributed by atoms with Gasteiger partial charge in [0.15, 0.2) is 0 Å². The Morgan fingerprint density at radius 1 is 1.32 bits per heavy atom. The standard InChI is InChI=1S/C17H22ClN5O2/c18-16-3-1-14(2-4-16)15(11-23-12-20-21-22-23)9-17(24)19-10-13-5-7-25-8-6-13/h1-4,12-13,15H,5-11H2,(H,19,24). The molecule has 1 N–H and O–H groups in total. The number of carbonyl (C=O) groups excluding carboxylic acids is 1. The van der Waals surface area contributed by atoms with Gasteiger partial charge in [0.1, 0.15) is 6.33 Å². The quantitative estimate of drug-likeness (QED) is 0.814. The number of aromatic nitrogens is 4.